The Hall–Kier alpha value is -1.62. The molecular weight excluding hydrogens is 321 g/mol. The molecule has 4 nitrogen and oxygen atoms in total. The highest BCUT2D eigenvalue weighted by Crippen LogP contribution is 2.18. The molecule has 0 saturated carbocycles. The van der Waals surface area contributed by atoms with Crippen molar-refractivity contribution in [3.05, 3.63) is 59.4 Å². The largest absolute Gasteiger partial charge is 0.323 e. The second kappa shape index (κ2) is 8.13. The van der Waals surface area contributed by atoms with Crippen LogP contribution in [0.25, 0.3) is 0 Å². The number of anilines is 1. The van der Waals surface area contributed by atoms with Crippen LogP contribution in [0.1, 0.15) is 16.7 Å². The molecule has 0 saturated heterocycles. The van der Waals surface area contributed by atoms with E-state index in [1.54, 1.807) is 12.4 Å². The summed E-state index contributed by atoms with van der Waals surface area (Å²) in [5.41, 5.74) is 4.31. The Morgan fingerprint density at radius 1 is 1.23 bits per heavy atom. The molecule has 0 bridgehead atoms. The molecule has 1 amide bonds. The average molecular weight is 340 g/mol. The average Bonchev–Trinajstić information content (AvgIpc) is 2.49. The SMILES string of the molecule is Cc1ccncc1NC(=O)C1Cc2ccccc2CN1.Cl.Cl. The van der Waals surface area contributed by atoms with E-state index in [4.69, 9.17) is 0 Å². The monoisotopic (exact) mass is 339 g/mol. The first-order valence-electron chi connectivity index (χ1n) is 6.75. The zero-order valence-corrected chi connectivity index (χ0v) is 13.8. The number of hydrogen-bond donors (Lipinski definition) is 2. The van der Waals surface area contributed by atoms with Crippen molar-refractivity contribution in [2.45, 2.75) is 25.9 Å². The van der Waals surface area contributed by atoms with Crippen molar-refractivity contribution < 1.29 is 4.79 Å². The standard InChI is InChI=1S/C16H17N3O.2ClH/c1-11-6-7-17-10-15(11)19-16(20)14-8-12-4-2-3-5-13(12)9-18-14;;/h2-7,10,14,18H,8-9H2,1H3,(H,19,20);2*1H. The smallest absolute Gasteiger partial charge is 0.241 e. The number of carbonyl (C=O) groups excluding carboxylic acids is 1. The molecule has 1 aromatic carbocycles. The molecule has 1 aromatic heterocycles. The van der Waals surface area contributed by atoms with E-state index >= 15 is 0 Å². The third-order valence-electron chi connectivity index (χ3n) is 3.69. The van der Waals surface area contributed by atoms with Crippen molar-refractivity contribution in [2.75, 3.05) is 5.32 Å². The van der Waals surface area contributed by atoms with Gasteiger partial charge in [-0.15, -0.1) is 24.8 Å². The molecule has 22 heavy (non-hydrogen) atoms. The number of nitrogens with one attached hydrogen (secondary N) is 2. The van der Waals surface area contributed by atoms with Crippen LogP contribution in [0.2, 0.25) is 0 Å². The second-order valence-electron chi connectivity index (χ2n) is 5.09. The summed E-state index contributed by atoms with van der Waals surface area (Å²) in [6, 6.07) is 9.93. The second-order valence-corrected chi connectivity index (χ2v) is 5.09. The summed E-state index contributed by atoms with van der Waals surface area (Å²) in [5.74, 6) is -0.00407. The van der Waals surface area contributed by atoms with Gasteiger partial charge in [-0.05, 0) is 36.1 Å². The van der Waals surface area contributed by atoms with Crippen LogP contribution in [0.3, 0.4) is 0 Å². The van der Waals surface area contributed by atoms with Crippen LogP contribution >= 0.6 is 24.8 Å². The van der Waals surface area contributed by atoms with Crippen molar-refractivity contribution >= 4 is 36.4 Å². The Labute approximate surface area is 142 Å². The lowest BCUT2D eigenvalue weighted by Crippen LogP contribution is -2.44. The number of benzene rings is 1. The van der Waals surface area contributed by atoms with Crippen LogP contribution in [0.5, 0.6) is 0 Å². The van der Waals surface area contributed by atoms with E-state index in [-0.39, 0.29) is 36.8 Å². The van der Waals surface area contributed by atoms with E-state index in [0.717, 1.165) is 24.2 Å². The third kappa shape index (κ3) is 3.97. The lowest BCUT2D eigenvalue weighted by molar-refractivity contribution is -0.118. The van der Waals surface area contributed by atoms with Crippen LogP contribution in [-0.2, 0) is 17.8 Å². The maximum atomic E-state index is 12.3. The Morgan fingerprint density at radius 3 is 2.68 bits per heavy atom. The van der Waals surface area contributed by atoms with Crippen molar-refractivity contribution in [1.29, 1.82) is 0 Å². The van der Waals surface area contributed by atoms with Crippen LogP contribution in [0.15, 0.2) is 42.7 Å². The van der Waals surface area contributed by atoms with E-state index in [1.165, 1.54) is 11.1 Å². The van der Waals surface area contributed by atoms with Gasteiger partial charge in [0.2, 0.25) is 5.91 Å². The molecule has 2 N–H and O–H groups in total. The minimum atomic E-state index is -0.190. The first kappa shape index (κ1) is 18.4. The highest BCUT2D eigenvalue weighted by molar-refractivity contribution is 5.95. The molecule has 0 radical (unpaired) electrons. The summed E-state index contributed by atoms with van der Waals surface area (Å²) >= 11 is 0. The van der Waals surface area contributed by atoms with Gasteiger partial charge in [-0.1, -0.05) is 24.3 Å². The van der Waals surface area contributed by atoms with E-state index in [0.29, 0.717) is 0 Å². The normalized spacial score (nSPS) is 15.8. The summed E-state index contributed by atoms with van der Waals surface area (Å²) in [7, 11) is 0. The Kier molecular flexibility index (Phi) is 6.81. The molecule has 118 valence electrons. The number of hydrogen-bond acceptors (Lipinski definition) is 3. The number of aromatic nitrogens is 1. The molecule has 1 aliphatic rings. The van der Waals surface area contributed by atoms with E-state index in [2.05, 4.69) is 27.8 Å². The fourth-order valence-corrected chi connectivity index (χ4v) is 2.45. The van der Waals surface area contributed by atoms with Gasteiger partial charge in [0.25, 0.3) is 0 Å². The van der Waals surface area contributed by atoms with Crippen LogP contribution in [0, 0.1) is 6.92 Å². The predicted octanol–water partition coefficient (Wildman–Crippen LogP) is 2.89. The number of amides is 1. The quantitative estimate of drug-likeness (QED) is 0.884. The molecule has 2 aromatic rings. The highest BCUT2D eigenvalue weighted by atomic mass is 35.5. The number of halogens is 2. The molecular formula is C16H19Cl2N3O. The van der Waals surface area contributed by atoms with Gasteiger partial charge in [0.15, 0.2) is 0 Å². The van der Waals surface area contributed by atoms with Crippen LogP contribution in [-0.4, -0.2) is 16.9 Å². The predicted molar refractivity (Wildman–Crippen MR) is 92.9 cm³/mol. The summed E-state index contributed by atoms with van der Waals surface area (Å²) < 4.78 is 0. The molecule has 0 spiro atoms. The van der Waals surface area contributed by atoms with Gasteiger partial charge >= 0.3 is 0 Å². The minimum absolute atomic E-state index is 0. The number of pyridine rings is 1. The molecule has 0 aliphatic carbocycles. The number of fused-ring (bicyclic) bond motifs is 1. The molecule has 1 atom stereocenters. The number of aryl methyl sites for hydroxylation is 1. The third-order valence-corrected chi connectivity index (χ3v) is 3.69. The molecule has 6 heteroatoms. The minimum Gasteiger partial charge on any atom is -0.323 e. The summed E-state index contributed by atoms with van der Waals surface area (Å²) in [6.45, 7) is 2.70. The van der Waals surface area contributed by atoms with Gasteiger partial charge in [-0.25, -0.2) is 0 Å². The molecule has 1 unspecified atom stereocenters. The summed E-state index contributed by atoms with van der Waals surface area (Å²) in [4.78, 5) is 16.4. The summed E-state index contributed by atoms with van der Waals surface area (Å²) in [6.07, 6.45) is 4.13. The van der Waals surface area contributed by atoms with Crippen LogP contribution < -0.4 is 10.6 Å². The van der Waals surface area contributed by atoms with Gasteiger partial charge in [0.05, 0.1) is 17.9 Å². The van der Waals surface area contributed by atoms with E-state index in [9.17, 15) is 4.79 Å². The number of carbonyl (C=O) groups is 1. The topological polar surface area (TPSA) is 54.0 Å². The molecule has 2 heterocycles. The zero-order chi connectivity index (χ0) is 13.9. The molecule has 0 fully saturated rings. The van der Waals surface area contributed by atoms with Gasteiger partial charge in [0, 0.05) is 12.7 Å². The lowest BCUT2D eigenvalue weighted by Gasteiger charge is -2.25. The number of nitrogens with zero attached hydrogens (tertiary/aromatic N) is 1. The fourth-order valence-electron chi connectivity index (χ4n) is 2.45. The zero-order valence-electron chi connectivity index (χ0n) is 12.2. The van der Waals surface area contributed by atoms with Crippen molar-refractivity contribution in [2.24, 2.45) is 0 Å². The maximum absolute atomic E-state index is 12.3. The molecule has 3 rings (SSSR count). The first-order valence-corrected chi connectivity index (χ1v) is 6.75. The van der Waals surface area contributed by atoms with Gasteiger partial charge in [-0.2, -0.15) is 0 Å². The Balaban J connectivity index is 0.00000121. The van der Waals surface area contributed by atoms with E-state index in [1.807, 2.05) is 25.1 Å². The highest BCUT2D eigenvalue weighted by Gasteiger charge is 2.24. The Morgan fingerprint density at radius 2 is 1.95 bits per heavy atom. The fraction of sp³-hybridized carbons (Fsp3) is 0.250. The molecule has 1 aliphatic heterocycles. The van der Waals surface area contributed by atoms with Crippen molar-refractivity contribution in [3.8, 4) is 0 Å². The van der Waals surface area contributed by atoms with Gasteiger partial charge < -0.3 is 10.6 Å². The van der Waals surface area contributed by atoms with Gasteiger partial charge in [-0.3, -0.25) is 9.78 Å². The Bertz CT molecular complexity index is 649. The summed E-state index contributed by atoms with van der Waals surface area (Å²) in [5, 5.41) is 6.23. The lowest BCUT2D eigenvalue weighted by atomic mass is 9.95. The van der Waals surface area contributed by atoms with Crippen LogP contribution in [0.4, 0.5) is 5.69 Å². The van der Waals surface area contributed by atoms with Crippen molar-refractivity contribution in [3.63, 3.8) is 0 Å². The van der Waals surface area contributed by atoms with Crippen molar-refractivity contribution in [1.82, 2.24) is 10.3 Å². The first-order chi connectivity index (χ1) is 9.74. The van der Waals surface area contributed by atoms with E-state index < -0.39 is 0 Å². The number of rotatable bonds is 2. The van der Waals surface area contributed by atoms with Gasteiger partial charge in [0.1, 0.15) is 0 Å². The maximum Gasteiger partial charge on any atom is 0.241 e.